The van der Waals surface area contributed by atoms with Crippen LogP contribution in [0.3, 0.4) is 0 Å². The highest BCUT2D eigenvalue weighted by Crippen LogP contribution is 2.36. The van der Waals surface area contributed by atoms with Crippen LogP contribution in [0.15, 0.2) is 24.3 Å². The lowest BCUT2D eigenvalue weighted by Gasteiger charge is -2.33. The van der Waals surface area contributed by atoms with Crippen LogP contribution in [0.1, 0.15) is 50.9 Å². The van der Waals surface area contributed by atoms with Crippen molar-refractivity contribution in [1.82, 2.24) is 25.2 Å². The molecule has 9 nitrogen and oxygen atoms in total. The van der Waals surface area contributed by atoms with Crippen LogP contribution in [0.5, 0.6) is 0 Å². The molecule has 0 unspecified atom stereocenters. The molecule has 1 aliphatic heterocycles. The number of imide groups is 1. The number of anilines is 3. The molecule has 158 valence electrons. The van der Waals surface area contributed by atoms with Gasteiger partial charge < -0.3 is 16.4 Å². The first-order chi connectivity index (χ1) is 14.4. The van der Waals surface area contributed by atoms with Crippen molar-refractivity contribution < 1.29 is 9.59 Å². The van der Waals surface area contributed by atoms with Crippen LogP contribution in [-0.4, -0.2) is 37.3 Å². The molecule has 9 heteroatoms. The molecule has 2 aromatic rings. The zero-order valence-corrected chi connectivity index (χ0v) is 17.3. The molecule has 1 aromatic heterocycles. The molecule has 0 radical (unpaired) electrons. The molecule has 0 bridgehead atoms. The molecule has 2 aliphatic rings. The van der Waals surface area contributed by atoms with Crippen molar-refractivity contribution in [2.75, 3.05) is 11.1 Å². The van der Waals surface area contributed by atoms with Crippen molar-refractivity contribution in [3.63, 3.8) is 0 Å². The topological polar surface area (TPSA) is 126 Å². The van der Waals surface area contributed by atoms with Crippen LogP contribution in [0, 0.1) is 5.92 Å². The SMILES string of the molecule is CCc1ccccc1Nc1nc(N)nc(CN2C(=O)NC3(CCC(C)CC3)C2=O)n1. The third-order valence-corrected chi connectivity index (χ3v) is 6.02. The maximum absolute atomic E-state index is 13.1. The van der Waals surface area contributed by atoms with E-state index in [9.17, 15) is 9.59 Å². The van der Waals surface area contributed by atoms with Crippen molar-refractivity contribution in [2.45, 2.75) is 58.0 Å². The Kier molecular flexibility index (Phi) is 5.27. The summed E-state index contributed by atoms with van der Waals surface area (Å²) >= 11 is 0. The minimum Gasteiger partial charge on any atom is -0.368 e. The molecule has 0 atom stereocenters. The van der Waals surface area contributed by atoms with Gasteiger partial charge in [-0.3, -0.25) is 9.69 Å². The lowest BCUT2D eigenvalue weighted by atomic mass is 9.77. The highest BCUT2D eigenvalue weighted by atomic mass is 16.2. The average molecular weight is 409 g/mol. The number of aromatic nitrogens is 3. The number of benzene rings is 1. The van der Waals surface area contributed by atoms with Gasteiger partial charge in [-0.05, 0) is 49.7 Å². The number of hydrogen-bond donors (Lipinski definition) is 3. The number of nitrogens with one attached hydrogen (secondary N) is 2. The Balaban J connectivity index is 1.54. The molecule has 2 fully saturated rings. The number of carbonyl (C=O) groups excluding carboxylic acids is 2. The molecule has 1 saturated carbocycles. The molecule has 4 rings (SSSR count). The van der Waals surface area contributed by atoms with Crippen LogP contribution >= 0.6 is 0 Å². The van der Waals surface area contributed by atoms with Crippen LogP contribution < -0.4 is 16.4 Å². The van der Waals surface area contributed by atoms with Crippen LogP contribution in [-0.2, 0) is 17.8 Å². The van der Waals surface area contributed by atoms with Crippen molar-refractivity contribution >= 4 is 29.5 Å². The van der Waals surface area contributed by atoms with Crippen molar-refractivity contribution in [3.8, 4) is 0 Å². The standard InChI is InChI=1S/C21H27N7O2/c1-3-14-6-4-5-7-15(14)23-19-25-16(24-18(22)26-19)12-28-17(29)21(27-20(28)30)10-8-13(2)9-11-21/h4-7,13H,3,8-12H2,1-2H3,(H,27,30)(H3,22,23,24,25,26). The second kappa shape index (κ2) is 7.89. The van der Waals surface area contributed by atoms with Gasteiger partial charge in [-0.25, -0.2) is 4.79 Å². The molecule has 1 spiro atoms. The number of nitrogens with zero attached hydrogens (tertiary/aromatic N) is 4. The van der Waals surface area contributed by atoms with Crippen molar-refractivity contribution in [1.29, 1.82) is 0 Å². The van der Waals surface area contributed by atoms with Gasteiger partial charge in [0.05, 0.1) is 6.54 Å². The van der Waals surface area contributed by atoms with Gasteiger partial charge in [-0.2, -0.15) is 15.0 Å². The van der Waals surface area contributed by atoms with E-state index in [1.54, 1.807) is 0 Å². The Labute approximate surface area is 175 Å². The van der Waals surface area contributed by atoms with Crippen LogP contribution in [0.4, 0.5) is 22.4 Å². The molecule has 1 aromatic carbocycles. The number of urea groups is 1. The molecule has 2 heterocycles. The molecule has 1 aliphatic carbocycles. The van der Waals surface area contributed by atoms with E-state index in [1.807, 2.05) is 24.3 Å². The Hall–Kier alpha value is -3.23. The largest absolute Gasteiger partial charge is 0.368 e. The first kappa shape index (κ1) is 20.1. The third kappa shape index (κ3) is 3.79. The molecular formula is C21H27N7O2. The van der Waals surface area contributed by atoms with Crippen LogP contribution in [0.2, 0.25) is 0 Å². The van der Waals surface area contributed by atoms with E-state index in [0.717, 1.165) is 30.5 Å². The number of aryl methyl sites for hydroxylation is 1. The molecule has 30 heavy (non-hydrogen) atoms. The maximum Gasteiger partial charge on any atom is 0.325 e. The van der Waals surface area contributed by atoms with E-state index < -0.39 is 11.6 Å². The summed E-state index contributed by atoms with van der Waals surface area (Å²) in [5.41, 5.74) is 7.07. The van der Waals surface area contributed by atoms with E-state index in [-0.39, 0.29) is 30.2 Å². The van der Waals surface area contributed by atoms with Gasteiger partial charge in [0.25, 0.3) is 5.91 Å². The number of nitrogen functional groups attached to an aromatic ring is 1. The van der Waals surface area contributed by atoms with Crippen molar-refractivity contribution in [2.24, 2.45) is 5.92 Å². The highest BCUT2D eigenvalue weighted by Gasteiger charge is 2.52. The minimum absolute atomic E-state index is 0.0322. The van der Waals surface area contributed by atoms with E-state index in [1.165, 1.54) is 4.90 Å². The summed E-state index contributed by atoms with van der Waals surface area (Å²) in [4.78, 5) is 39.5. The van der Waals surface area contributed by atoms with E-state index in [0.29, 0.717) is 18.8 Å². The number of carbonyl (C=O) groups is 2. The number of amides is 3. The summed E-state index contributed by atoms with van der Waals surface area (Å²) < 4.78 is 0. The first-order valence-corrected chi connectivity index (χ1v) is 10.4. The average Bonchev–Trinajstić information content (AvgIpc) is 2.94. The van der Waals surface area contributed by atoms with Gasteiger partial charge in [-0.1, -0.05) is 32.0 Å². The Morgan fingerprint density at radius 1 is 1.20 bits per heavy atom. The summed E-state index contributed by atoms with van der Waals surface area (Å²) in [6.45, 7) is 4.19. The van der Waals surface area contributed by atoms with E-state index >= 15 is 0 Å². The Morgan fingerprint density at radius 3 is 2.67 bits per heavy atom. The number of nitrogens with two attached hydrogens (primary N) is 1. The summed E-state index contributed by atoms with van der Waals surface area (Å²) in [7, 11) is 0. The lowest BCUT2D eigenvalue weighted by Crippen LogP contribution is -2.49. The van der Waals surface area contributed by atoms with Gasteiger partial charge in [0.2, 0.25) is 11.9 Å². The fourth-order valence-corrected chi connectivity index (χ4v) is 4.19. The third-order valence-electron chi connectivity index (χ3n) is 6.02. The summed E-state index contributed by atoms with van der Waals surface area (Å²) in [6, 6.07) is 7.44. The van der Waals surface area contributed by atoms with Crippen molar-refractivity contribution in [3.05, 3.63) is 35.7 Å². The number of hydrogen-bond acceptors (Lipinski definition) is 7. The van der Waals surface area contributed by atoms with Crippen LogP contribution in [0.25, 0.3) is 0 Å². The van der Waals surface area contributed by atoms with E-state index in [2.05, 4.69) is 39.4 Å². The van der Waals surface area contributed by atoms with E-state index in [4.69, 9.17) is 5.73 Å². The summed E-state index contributed by atoms with van der Waals surface area (Å²) in [6.07, 6.45) is 4.01. The van der Waals surface area contributed by atoms with Gasteiger partial charge in [-0.15, -0.1) is 0 Å². The lowest BCUT2D eigenvalue weighted by molar-refractivity contribution is -0.133. The smallest absolute Gasteiger partial charge is 0.325 e. The molecule has 4 N–H and O–H groups in total. The summed E-state index contributed by atoms with van der Waals surface area (Å²) in [5.74, 6) is 0.946. The molecule has 3 amide bonds. The van der Waals surface area contributed by atoms with Gasteiger partial charge in [0.1, 0.15) is 5.54 Å². The fourth-order valence-electron chi connectivity index (χ4n) is 4.19. The summed E-state index contributed by atoms with van der Waals surface area (Å²) in [5, 5.41) is 6.08. The predicted molar refractivity (Wildman–Crippen MR) is 113 cm³/mol. The Bertz CT molecular complexity index is 970. The predicted octanol–water partition coefficient (Wildman–Crippen LogP) is 2.76. The van der Waals surface area contributed by atoms with Gasteiger partial charge in [0.15, 0.2) is 5.82 Å². The second-order valence-corrected chi connectivity index (χ2v) is 8.16. The monoisotopic (exact) mass is 409 g/mol. The maximum atomic E-state index is 13.1. The zero-order valence-electron chi connectivity index (χ0n) is 17.3. The Morgan fingerprint density at radius 2 is 1.93 bits per heavy atom. The minimum atomic E-state index is -0.788. The van der Waals surface area contributed by atoms with Gasteiger partial charge in [0, 0.05) is 5.69 Å². The highest BCUT2D eigenvalue weighted by molar-refractivity contribution is 6.07. The second-order valence-electron chi connectivity index (χ2n) is 8.16. The molecule has 1 saturated heterocycles. The molecular weight excluding hydrogens is 382 g/mol. The number of para-hydroxylation sites is 1. The number of rotatable bonds is 5. The zero-order chi connectivity index (χ0) is 21.3. The quantitative estimate of drug-likeness (QED) is 0.648. The first-order valence-electron chi connectivity index (χ1n) is 10.4. The fraction of sp³-hybridized carbons (Fsp3) is 0.476. The normalized spacial score (nSPS) is 23.7. The van der Waals surface area contributed by atoms with Gasteiger partial charge >= 0.3 is 6.03 Å².